The molecule has 1 aromatic heterocycles. The Kier molecular flexibility index (Phi) is 5.38. The minimum Gasteiger partial charge on any atom is -0.316 e. The number of aryl methyl sites for hydroxylation is 1. The number of hydrogen-bond acceptors (Lipinski definition) is 3. The van der Waals surface area contributed by atoms with Crippen molar-refractivity contribution in [1.29, 1.82) is 0 Å². The summed E-state index contributed by atoms with van der Waals surface area (Å²) in [5.41, 5.74) is 0.813. The van der Waals surface area contributed by atoms with Gasteiger partial charge in [0.15, 0.2) is 0 Å². The number of fused-ring (bicyclic) bond motifs is 1. The van der Waals surface area contributed by atoms with Gasteiger partial charge in [0.1, 0.15) is 0 Å². The van der Waals surface area contributed by atoms with Crippen molar-refractivity contribution in [1.82, 2.24) is 9.97 Å². The van der Waals surface area contributed by atoms with E-state index in [-0.39, 0.29) is 0 Å². The summed E-state index contributed by atoms with van der Waals surface area (Å²) in [6.07, 6.45) is 0.735. The zero-order chi connectivity index (χ0) is 14.6. The van der Waals surface area contributed by atoms with E-state index in [4.69, 9.17) is 26.0 Å². The first kappa shape index (κ1) is 15.5. The molecule has 0 bridgehead atoms. The van der Waals surface area contributed by atoms with Crippen LogP contribution in [0, 0.1) is 0 Å². The Hall–Kier alpha value is -1.53. The maximum atomic E-state index is 11.2. The number of aromatic nitrogens is 2. The Morgan fingerprint density at radius 2 is 1.74 bits per heavy atom. The molecule has 0 aliphatic heterocycles. The number of halogens is 1. The monoisotopic (exact) mass is 305 g/mol. The quantitative estimate of drug-likeness (QED) is 0.463. The molecule has 0 aliphatic carbocycles. The first-order valence-corrected chi connectivity index (χ1v) is 6.69. The number of nitrogens with one attached hydrogen (secondary N) is 2. The van der Waals surface area contributed by atoms with Gasteiger partial charge in [-0.15, -0.1) is 9.79 Å². The number of aromatic amines is 2. The average molecular weight is 306 g/mol. The van der Waals surface area contributed by atoms with Gasteiger partial charge in [-0.25, -0.2) is 0 Å². The highest BCUT2D eigenvalue weighted by molar-refractivity contribution is 7.30. The van der Waals surface area contributed by atoms with Crippen molar-refractivity contribution in [2.24, 2.45) is 0 Å². The van der Waals surface area contributed by atoms with Crippen LogP contribution in [0.5, 0.6) is 0 Å². The van der Waals surface area contributed by atoms with E-state index in [2.05, 4.69) is 9.97 Å². The van der Waals surface area contributed by atoms with Crippen molar-refractivity contribution in [3.63, 3.8) is 0 Å². The molecule has 102 valence electrons. The summed E-state index contributed by atoms with van der Waals surface area (Å²) >= 11 is 5.88. The lowest BCUT2D eigenvalue weighted by atomic mass is 10.1. The van der Waals surface area contributed by atoms with Crippen LogP contribution in [-0.4, -0.2) is 19.8 Å². The van der Waals surface area contributed by atoms with E-state index in [0.29, 0.717) is 16.1 Å². The Labute approximate surface area is 112 Å². The first-order chi connectivity index (χ1) is 8.85. The average Bonchev–Trinajstić information content (AvgIpc) is 2.29. The van der Waals surface area contributed by atoms with Crippen LogP contribution in [0.15, 0.2) is 21.7 Å². The second-order valence-electron chi connectivity index (χ2n) is 3.50. The first-order valence-electron chi connectivity index (χ1n) is 5.15. The van der Waals surface area contributed by atoms with Crippen LogP contribution in [0.4, 0.5) is 0 Å². The second-order valence-corrected chi connectivity index (χ2v) is 4.44. The summed E-state index contributed by atoms with van der Waals surface area (Å²) in [7, 11) is -2.87. The third-order valence-corrected chi connectivity index (χ3v) is 2.48. The van der Waals surface area contributed by atoms with Gasteiger partial charge in [-0.1, -0.05) is 18.5 Å². The van der Waals surface area contributed by atoms with Crippen molar-refractivity contribution in [2.45, 2.75) is 13.3 Å². The summed E-state index contributed by atoms with van der Waals surface area (Å²) in [6, 6.07) is 3.39. The summed E-state index contributed by atoms with van der Waals surface area (Å²) in [5, 5.41) is 0.544. The van der Waals surface area contributed by atoms with E-state index in [1.54, 1.807) is 12.1 Å². The van der Waals surface area contributed by atoms with Gasteiger partial charge in [0, 0.05) is 9.59 Å². The Bertz CT molecular complexity index is 720. The maximum Gasteiger partial charge on any atom is 0.692 e. The normalized spacial score (nSPS) is 9.89. The third kappa shape index (κ3) is 4.25. The van der Waals surface area contributed by atoms with E-state index in [1.807, 2.05) is 6.92 Å². The Morgan fingerprint density at radius 3 is 2.26 bits per heavy atom. The van der Waals surface area contributed by atoms with Gasteiger partial charge >= 0.3 is 19.4 Å². The number of rotatable bonds is 1. The van der Waals surface area contributed by atoms with Crippen molar-refractivity contribution >= 4 is 30.9 Å². The van der Waals surface area contributed by atoms with E-state index in [1.165, 1.54) is 0 Å². The highest BCUT2D eigenvalue weighted by atomic mass is 35.5. The predicted octanol–water partition coefficient (Wildman–Crippen LogP) is 1.06. The largest absolute Gasteiger partial charge is 0.692 e. The zero-order valence-corrected chi connectivity index (χ0v) is 11.5. The topological polar surface area (TPSA) is 123 Å². The summed E-state index contributed by atoms with van der Waals surface area (Å²) in [5.74, 6) is 0. The molecule has 4 N–H and O–H groups in total. The molecule has 0 radical (unpaired) electrons. The van der Waals surface area contributed by atoms with Crippen LogP contribution in [0.3, 0.4) is 0 Å². The third-order valence-electron chi connectivity index (χ3n) is 2.26. The summed E-state index contributed by atoms with van der Waals surface area (Å²) in [4.78, 5) is 41.5. The molecule has 0 saturated heterocycles. The lowest BCUT2D eigenvalue weighted by Gasteiger charge is -2.04. The molecule has 0 fully saturated rings. The van der Waals surface area contributed by atoms with Crippen LogP contribution in [0.1, 0.15) is 12.5 Å². The van der Waals surface area contributed by atoms with E-state index < -0.39 is 19.4 Å². The van der Waals surface area contributed by atoms with E-state index in [9.17, 15) is 9.59 Å². The van der Waals surface area contributed by atoms with Crippen molar-refractivity contribution in [3.05, 3.63) is 43.4 Å². The number of hydrogen-bond donors (Lipinski definition) is 4. The van der Waals surface area contributed by atoms with Crippen molar-refractivity contribution in [2.75, 3.05) is 0 Å². The van der Waals surface area contributed by atoms with Gasteiger partial charge in [0.2, 0.25) is 0 Å². The molecule has 0 atom stereocenters. The van der Waals surface area contributed by atoms with Crippen LogP contribution in [-0.2, 0) is 11.0 Å². The number of H-pyrrole nitrogens is 2. The van der Waals surface area contributed by atoms with Crippen LogP contribution in [0.2, 0.25) is 5.02 Å². The van der Waals surface area contributed by atoms with Gasteiger partial charge in [0.25, 0.3) is 0 Å². The van der Waals surface area contributed by atoms with E-state index in [0.717, 1.165) is 12.0 Å². The molecule has 0 saturated carbocycles. The Balaban J connectivity index is 0.000000399. The van der Waals surface area contributed by atoms with Gasteiger partial charge in [0.05, 0.1) is 11.0 Å². The molecule has 0 spiro atoms. The molecule has 7 nitrogen and oxygen atoms in total. The van der Waals surface area contributed by atoms with Crippen LogP contribution in [0.25, 0.3) is 11.0 Å². The molecule has 19 heavy (non-hydrogen) atoms. The molecular weight excluding hydrogens is 295 g/mol. The molecular formula is C10H11ClN2O5P+. The fourth-order valence-electron chi connectivity index (χ4n) is 1.54. The molecule has 1 heterocycles. The van der Waals surface area contributed by atoms with Crippen LogP contribution >= 0.6 is 19.9 Å². The van der Waals surface area contributed by atoms with Gasteiger partial charge in [-0.05, 0) is 24.1 Å². The standard InChI is InChI=1S/C10H9ClN2O2.HO3P/c1-2-5-3-6(11)4-7-8(5)13-10(15)9(14)12-7;1-4(2)3/h3-4H,2H2,1H3,(H,12,14)(H,13,15);(H-,1,2,3)/p+1. The molecule has 2 aromatic rings. The smallest absolute Gasteiger partial charge is 0.316 e. The zero-order valence-electron chi connectivity index (χ0n) is 9.81. The number of benzene rings is 1. The molecule has 0 amide bonds. The Morgan fingerprint density at radius 1 is 1.21 bits per heavy atom. The lowest BCUT2D eigenvalue weighted by molar-refractivity contribution is 0.405. The van der Waals surface area contributed by atoms with E-state index >= 15 is 0 Å². The minimum absolute atomic E-state index is 0.544. The highest BCUT2D eigenvalue weighted by Gasteiger charge is 2.05. The minimum atomic E-state index is -2.87. The maximum absolute atomic E-state index is 11.2. The summed E-state index contributed by atoms with van der Waals surface area (Å²) < 4.78 is 8.70. The summed E-state index contributed by atoms with van der Waals surface area (Å²) in [6.45, 7) is 1.95. The lowest BCUT2D eigenvalue weighted by Crippen LogP contribution is -2.29. The van der Waals surface area contributed by atoms with Crippen LogP contribution < -0.4 is 11.1 Å². The highest BCUT2D eigenvalue weighted by Crippen LogP contribution is 2.19. The molecule has 0 unspecified atom stereocenters. The van der Waals surface area contributed by atoms with Gasteiger partial charge in [-0.2, -0.15) is 0 Å². The molecule has 2 rings (SSSR count). The fourth-order valence-corrected chi connectivity index (χ4v) is 1.78. The SMILES string of the molecule is CCc1cc(Cl)cc2[nH]c(=O)c(=O)[nH]c12.O=[P+](O)O. The second kappa shape index (κ2) is 6.58. The molecule has 9 heteroatoms. The predicted molar refractivity (Wildman–Crippen MR) is 71.6 cm³/mol. The molecule has 1 aromatic carbocycles. The van der Waals surface area contributed by atoms with Gasteiger partial charge < -0.3 is 9.97 Å². The van der Waals surface area contributed by atoms with Crippen molar-refractivity contribution in [3.8, 4) is 0 Å². The fraction of sp³-hybridized carbons (Fsp3) is 0.200. The van der Waals surface area contributed by atoms with Gasteiger partial charge in [-0.3, -0.25) is 9.59 Å². The van der Waals surface area contributed by atoms with Crippen molar-refractivity contribution < 1.29 is 14.4 Å². The molecule has 0 aliphatic rings.